The van der Waals surface area contributed by atoms with Gasteiger partial charge in [-0.05, 0) is 23.3 Å². The average Bonchev–Trinajstić information content (AvgIpc) is 2.55. The highest BCUT2D eigenvalue weighted by Crippen LogP contribution is 2.14. The van der Waals surface area contributed by atoms with Crippen LogP contribution in [0.2, 0.25) is 0 Å². The van der Waals surface area contributed by atoms with Crippen molar-refractivity contribution in [1.82, 2.24) is 20.2 Å². The Morgan fingerprint density at radius 1 is 1.27 bits per heavy atom. The van der Waals surface area contributed by atoms with E-state index in [1.165, 1.54) is 12.8 Å². The summed E-state index contributed by atoms with van der Waals surface area (Å²) in [4.78, 5) is 2.21. The van der Waals surface area contributed by atoms with Crippen molar-refractivity contribution in [2.75, 3.05) is 18.0 Å². The van der Waals surface area contributed by atoms with Gasteiger partial charge >= 0.3 is 0 Å². The zero-order valence-electron chi connectivity index (χ0n) is 6.56. The van der Waals surface area contributed by atoms with Crippen molar-refractivity contribution >= 4 is 5.95 Å². The van der Waals surface area contributed by atoms with Crippen molar-refractivity contribution < 1.29 is 0 Å². The Hall–Kier alpha value is -1.13. The molecule has 1 aliphatic rings. The lowest BCUT2D eigenvalue weighted by Gasteiger charge is -2.13. The van der Waals surface area contributed by atoms with Crippen LogP contribution < -0.4 is 4.90 Å². The minimum atomic E-state index is 0.891. The number of aryl methyl sites for hydroxylation is 1. The van der Waals surface area contributed by atoms with Gasteiger partial charge in [0.1, 0.15) is 0 Å². The van der Waals surface area contributed by atoms with Gasteiger partial charge < -0.3 is 4.90 Å². The fourth-order valence-corrected chi connectivity index (χ4v) is 1.41. The van der Waals surface area contributed by atoms with E-state index in [1.807, 2.05) is 7.05 Å². The SMILES string of the molecule is Cn1nnnc1N1CCCC1. The molecule has 11 heavy (non-hydrogen) atoms. The summed E-state index contributed by atoms with van der Waals surface area (Å²) in [6, 6.07) is 0. The van der Waals surface area contributed by atoms with Gasteiger partial charge in [-0.15, -0.1) is 0 Å². The van der Waals surface area contributed by atoms with Gasteiger partial charge in [0.2, 0.25) is 5.95 Å². The van der Waals surface area contributed by atoms with E-state index in [-0.39, 0.29) is 0 Å². The fraction of sp³-hybridized carbons (Fsp3) is 0.833. The predicted octanol–water partition coefficient (Wildman–Crippen LogP) is -0.190. The van der Waals surface area contributed by atoms with E-state index in [4.69, 9.17) is 0 Å². The van der Waals surface area contributed by atoms with Crippen LogP contribution in [0.4, 0.5) is 5.95 Å². The fourth-order valence-electron chi connectivity index (χ4n) is 1.41. The average molecular weight is 153 g/mol. The Kier molecular flexibility index (Phi) is 1.48. The van der Waals surface area contributed by atoms with Crippen molar-refractivity contribution in [3.63, 3.8) is 0 Å². The molecule has 60 valence electrons. The minimum Gasteiger partial charge on any atom is -0.340 e. The topological polar surface area (TPSA) is 46.8 Å². The summed E-state index contributed by atoms with van der Waals surface area (Å²) in [6.07, 6.45) is 2.51. The molecule has 1 aromatic rings. The first kappa shape index (κ1) is 6.57. The Balaban J connectivity index is 2.21. The van der Waals surface area contributed by atoms with Crippen molar-refractivity contribution in [1.29, 1.82) is 0 Å². The lowest BCUT2D eigenvalue weighted by Crippen LogP contribution is -2.21. The lowest BCUT2D eigenvalue weighted by atomic mass is 10.4. The highest BCUT2D eigenvalue weighted by Gasteiger charge is 2.16. The molecule has 0 spiro atoms. The third-order valence-electron chi connectivity index (χ3n) is 1.99. The minimum absolute atomic E-state index is 0.891. The van der Waals surface area contributed by atoms with Crippen LogP contribution in [0.1, 0.15) is 12.8 Å². The number of rotatable bonds is 1. The second-order valence-corrected chi connectivity index (χ2v) is 2.80. The van der Waals surface area contributed by atoms with Crippen molar-refractivity contribution in [2.24, 2.45) is 7.05 Å². The number of tetrazole rings is 1. The van der Waals surface area contributed by atoms with Crippen LogP contribution in [0.25, 0.3) is 0 Å². The van der Waals surface area contributed by atoms with Gasteiger partial charge in [-0.1, -0.05) is 5.10 Å². The summed E-state index contributed by atoms with van der Waals surface area (Å²) in [7, 11) is 1.87. The van der Waals surface area contributed by atoms with Crippen LogP contribution in [0.3, 0.4) is 0 Å². The molecular weight excluding hydrogens is 142 g/mol. The highest BCUT2D eigenvalue weighted by molar-refractivity contribution is 5.28. The van der Waals surface area contributed by atoms with E-state index in [0.717, 1.165) is 19.0 Å². The van der Waals surface area contributed by atoms with Gasteiger partial charge in [0.25, 0.3) is 0 Å². The van der Waals surface area contributed by atoms with E-state index in [2.05, 4.69) is 20.4 Å². The molecular formula is C6H11N5. The molecule has 0 bridgehead atoms. The summed E-state index contributed by atoms with van der Waals surface area (Å²) in [6.45, 7) is 2.18. The molecule has 2 rings (SSSR count). The van der Waals surface area contributed by atoms with Crippen LogP contribution in [-0.4, -0.2) is 33.3 Å². The van der Waals surface area contributed by atoms with Gasteiger partial charge in [-0.3, -0.25) is 0 Å². The molecule has 0 amide bonds. The molecule has 0 N–H and O–H groups in total. The summed E-state index contributed by atoms with van der Waals surface area (Å²) >= 11 is 0. The predicted molar refractivity (Wildman–Crippen MR) is 40.2 cm³/mol. The zero-order valence-corrected chi connectivity index (χ0v) is 6.56. The Bertz CT molecular complexity index is 237. The third-order valence-corrected chi connectivity index (χ3v) is 1.99. The van der Waals surface area contributed by atoms with Gasteiger partial charge in [-0.2, -0.15) is 0 Å². The Morgan fingerprint density at radius 3 is 2.55 bits per heavy atom. The molecule has 0 saturated carbocycles. The van der Waals surface area contributed by atoms with E-state index in [0.29, 0.717) is 0 Å². The van der Waals surface area contributed by atoms with Crippen molar-refractivity contribution in [2.45, 2.75) is 12.8 Å². The second kappa shape index (κ2) is 2.48. The van der Waals surface area contributed by atoms with Crippen LogP contribution in [0.5, 0.6) is 0 Å². The molecule has 5 heteroatoms. The lowest BCUT2D eigenvalue weighted by molar-refractivity contribution is 0.698. The maximum absolute atomic E-state index is 3.93. The maximum atomic E-state index is 3.93. The normalized spacial score (nSPS) is 17.7. The van der Waals surface area contributed by atoms with E-state index < -0.39 is 0 Å². The van der Waals surface area contributed by atoms with E-state index in [9.17, 15) is 0 Å². The van der Waals surface area contributed by atoms with Crippen LogP contribution in [0.15, 0.2) is 0 Å². The number of nitrogens with zero attached hydrogens (tertiary/aromatic N) is 5. The van der Waals surface area contributed by atoms with Crippen molar-refractivity contribution in [3.8, 4) is 0 Å². The van der Waals surface area contributed by atoms with Gasteiger partial charge in [-0.25, -0.2) is 4.68 Å². The quantitative estimate of drug-likeness (QED) is 0.561. The zero-order chi connectivity index (χ0) is 7.68. The first-order chi connectivity index (χ1) is 5.38. The molecule has 0 unspecified atom stereocenters. The first-order valence-electron chi connectivity index (χ1n) is 3.85. The molecule has 1 saturated heterocycles. The summed E-state index contributed by atoms with van der Waals surface area (Å²) in [5.41, 5.74) is 0. The van der Waals surface area contributed by atoms with Crippen molar-refractivity contribution in [3.05, 3.63) is 0 Å². The Labute approximate surface area is 65.0 Å². The Morgan fingerprint density at radius 2 is 2.00 bits per heavy atom. The van der Waals surface area contributed by atoms with Crippen LogP contribution >= 0.6 is 0 Å². The molecule has 1 aliphatic heterocycles. The monoisotopic (exact) mass is 153 g/mol. The number of aromatic nitrogens is 4. The summed E-state index contributed by atoms with van der Waals surface area (Å²) in [5, 5.41) is 11.3. The smallest absolute Gasteiger partial charge is 0.245 e. The second-order valence-electron chi connectivity index (χ2n) is 2.80. The van der Waals surface area contributed by atoms with Gasteiger partial charge in [0, 0.05) is 20.1 Å². The molecule has 1 aromatic heterocycles. The maximum Gasteiger partial charge on any atom is 0.245 e. The van der Waals surface area contributed by atoms with Gasteiger partial charge in [0.05, 0.1) is 0 Å². The van der Waals surface area contributed by atoms with E-state index >= 15 is 0 Å². The molecule has 0 aliphatic carbocycles. The third kappa shape index (κ3) is 1.06. The highest BCUT2D eigenvalue weighted by atomic mass is 15.6. The molecule has 1 fully saturated rings. The molecule has 5 nitrogen and oxygen atoms in total. The first-order valence-corrected chi connectivity index (χ1v) is 3.85. The molecule has 0 aromatic carbocycles. The number of hydrogen-bond donors (Lipinski definition) is 0. The molecule has 0 atom stereocenters. The largest absolute Gasteiger partial charge is 0.340 e. The molecule has 2 heterocycles. The van der Waals surface area contributed by atoms with Gasteiger partial charge in [0.15, 0.2) is 0 Å². The standard InChI is InChI=1S/C6H11N5/c1-10-6(7-8-9-10)11-4-2-3-5-11/h2-5H2,1H3. The van der Waals surface area contributed by atoms with Crippen LogP contribution in [0, 0.1) is 0 Å². The summed E-state index contributed by atoms with van der Waals surface area (Å²) in [5.74, 6) is 0.891. The van der Waals surface area contributed by atoms with Crippen LogP contribution in [-0.2, 0) is 7.05 Å². The summed E-state index contributed by atoms with van der Waals surface area (Å²) < 4.78 is 1.71. The number of anilines is 1. The number of hydrogen-bond acceptors (Lipinski definition) is 4. The molecule has 0 radical (unpaired) electrons. The van der Waals surface area contributed by atoms with E-state index in [1.54, 1.807) is 4.68 Å².